The third-order valence-corrected chi connectivity index (χ3v) is 0.642. The van der Waals surface area contributed by atoms with Crippen molar-refractivity contribution < 1.29 is 19.5 Å². The fraction of sp³-hybridized carbons (Fsp3) is 0.571. The van der Waals surface area contributed by atoms with Gasteiger partial charge >= 0.3 is 6.03 Å². The van der Waals surface area contributed by atoms with E-state index in [1.165, 1.54) is 0 Å². The number of hydrogen-bond donors (Lipinski definition) is 6. The van der Waals surface area contributed by atoms with Crippen LogP contribution in [-0.2, 0) is 9.59 Å². The molecule has 0 aromatic heterocycles. The smallest absolute Gasteiger partial charge is 0.309 e. The van der Waals surface area contributed by atoms with Gasteiger partial charge in [0.25, 0.3) is 6.47 Å². The maximum Gasteiger partial charge on any atom is 0.309 e. The highest BCUT2D eigenvalue weighted by Gasteiger charge is 1.76. The lowest BCUT2D eigenvalue weighted by Crippen LogP contribution is -2.27. The predicted molar refractivity (Wildman–Crippen MR) is 60.6 cm³/mol. The average molecular weight is 239 g/mol. The summed E-state index contributed by atoms with van der Waals surface area (Å²) >= 11 is 0. The van der Waals surface area contributed by atoms with Crippen molar-refractivity contribution in [3.63, 3.8) is 0 Å². The molecule has 0 aliphatic rings. The summed E-state index contributed by atoms with van der Waals surface area (Å²) in [6.07, 6.45) is 0. The molecule has 10 N–H and O–H groups in total. The summed E-state index contributed by atoms with van der Waals surface area (Å²) in [7, 11) is 0. The summed E-state index contributed by atoms with van der Waals surface area (Å²) in [5.41, 5.74) is 18.8. The molecule has 0 aliphatic heterocycles. The van der Waals surface area contributed by atoms with E-state index >= 15 is 0 Å². The third kappa shape index (κ3) is 299. The molecule has 0 saturated carbocycles. The van der Waals surface area contributed by atoms with Crippen molar-refractivity contribution in [3.8, 4) is 0 Å². The van der Waals surface area contributed by atoms with Crippen LogP contribution in [0.15, 0.2) is 0 Å². The highest BCUT2D eigenvalue weighted by molar-refractivity contribution is 5.69. The lowest BCUT2D eigenvalue weighted by Gasteiger charge is -1.95. The first-order chi connectivity index (χ1) is 7.56. The Morgan fingerprint density at radius 3 is 1.50 bits per heavy atom. The first-order valence-electron chi connectivity index (χ1n) is 4.09. The maximum absolute atomic E-state index is 9.00. The lowest BCUT2D eigenvalue weighted by molar-refractivity contribution is -0.122. The van der Waals surface area contributed by atoms with Gasteiger partial charge in [0, 0.05) is 26.2 Å². The fourth-order valence-corrected chi connectivity index (χ4v) is 0.329. The first-order valence-corrected chi connectivity index (χ1v) is 4.09. The third-order valence-electron chi connectivity index (χ3n) is 0.642. The number of rotatable bonds is 4. The van der Waals surface area contributed by atoms with Gasteiger partial charge in [-0.1, -0.05) is 0 Å². The summed E-state index contributed by atoms with van der Waals surface area (Å²) in [5, 5.41) is 9.92. The zero-order valence-corrected chi connectivity index (χ0v) is 9.09. The van der Waals surface area contributed by atoms with Crippen molar-refractivity contribution in [1.82, 2.24) is 5.32 Å². The van der Waals surface area contributed by atoms with Gasteiger partial charge < -0.3 is 38.2 Å². The van der Waals surface area contributed by atoms with Crippen LogP contribution in [0.4, 0.5) is 4.79 Å². The molecular formula is C7H21N5O4. The number of nitrogens with two attached hydrogens (primary N) is 4. The Bertz CT molecular complexity index is 128. The van der Waals surface area contributed by atoms with E-state index in [2.05, 4.69) is 16.8 Å². The summed E-state index contributed by atoms with van der Waals surface area (Å²) in [6, 6.07) is -0.833. The molecule has 16 heavy (non-hydrogen) atoms. The molecule has 0 heterocycles. The van der Waals surface area contributed by atoms with Crippen LogP contribution in [0.5, 0.6) is 0 Å². The Kier molecular flexibility index (Phi) is 56.3. The molecule has 0 aromatic rings. The van der Waals surface area contributed by atoms with Crippen molar-refractivity contribution >= 4 is 19.3 Å². The van der Waals surface area contributed by atoms with Crippen molar-refractivity contribution in [3.05, 3.63) is 0 Å². The predicted octanol–water partition coefficient (Wildman–Crippen LogP) is -2.97. The second kappa shape index (κ2) is 37.8. The van der Waals surface area contributed by atoms with Gasteiger partial charge in [-0.2, -0.15) is 0 Å². The monoisotopic (exact) mass is 239 g/mol. The van der Waals surface area contributed by atoms with Gasteiger partial charge in [-0.05, 0) is 0 Å². The Morgan fingerprint density at radius 1 is 1.19 bits per heavy atom. The second-order valence-electron chi connectivity index (χ2n) is 1.84. The lowest BCUT2D eigenvalue weighted by atomic mass is 10.6. The number of carbonyl (C=O) groups excluding carboxylic acids is 2. The van der Waals surface area contributed by atoms with Crippen molar-refractivity contribution in [2.45, 2.75) is 0 Å². The molecule has 0 bridgehead atoms. The standard InChI is InChI=1S/C4H13N3.CH4N2O.CH2O2.CH2O/c5-1-3-7-4-2-6;2-1(3)4;2-1-3;1-2/h7H,1-6H2;(H4,2,3,4);1H,(H,2,3);1H2. The Morgan fingerprint density at radius 2 is 1.38 bits per heavy atom. The molecule has 0 aromatic carbocycles. The van der Waals surface area contributed by atoms with Crippen molar-refractivity contribution in [2.75, 3.05) is 26.2 Å². The van der Waals surface area contributed by atoms with Crippen LogP contribution in [-0.4, -0.2) is 50.6 Å². The molecule has 9 nitrogen and oxygen atoms in total. The van der Waals surface area contributed by atoms with E-state index in [0.717, 1.165) is 13.1 Å². The van der Waals surface area contributed by atoms with E-state index in [9.17, 15) is 0 Å². The van der Waals surface area contributed by atoms with Gasteiger partial charge in [-0.3, -0.25) is 4.79 Å². The highest BCUT2D eigenvalue weighted by atomic mass is 16.3. The van der Waals surface area contributed by atoms with Gasteiger partial charge in [0.05, 0.1) is 0 Å². The van der Waals surface area contributed by atoms with E-state index < -0.39 is 6.03 Å². The van der Waals surface area contributed by atoms with Gasteiger partial charge in [0.2, 0.25) is 0 Å². The van der Waals surface area contributed by atoms with E-state index in [4.69, 9.17) is 31.0 Å². The fourth-order valence-electron chi connectivity index (χ4n) is 0.329. The van der Waals surface area contributed by atoms with E-state index in [0.29, 0.717) is 13.1 Å². The summed E-state index contributed by atoms with van der Waals surface area (Å²) in [4.78, 5) is 25.4. The molecule has 0 radical (unpaired) electrons. The molecule has 0 rings (SSSR count). The summed E-state index contributed by atoms with van der Waals surface area (Å²) in [6.45, 7) is 4.88. The molecule has 0 unspecified atom stereocenters. The van der Waals surface area contributed by atoms with E-state index in [1.807, 2.05) is 6.79 Å². The molecule has 0 spiro atoms. The molecular weight excluding hydrogens is 218 g/mol. The minimum absolute atomic E-state index is 0.250. The largest absolute Gasteiger partial charge is 0.483 e. The summed E-state index contributed by atoms with van der Waals surface area (Å²) in [5.74, 6) is 0. The van der Waals surface area contributed by atoms with E-state index in [-0.39, 0.29) is 6.47 Å². The van der Waals surface area contributed by atoms with Gasteiger partial charge in [0.1, 0.15) is 6.79 Å². The Labute approximate surface area is 94.1 Å². The van der Waals surface area contributed by atoms with Gasteiger partial charge in [0.15, 0.2) is 0 Å². The first kappa shape index (κ1) is 23.8. The number of carboxylic acid groups (broad SMARTS) is 1. The van der Waals surface area contributed by atoms with Crippen LogP contribution in [0.3, 0.4) is 0 Å². The molecule has 9 heteroatoms. The molecule has 0 fully saturated rings. The molecule has 0 atom stereocenters. The number of carbonyl (C=O) groups is 3. The van der Waals surface area contributed by atoms with Crippen LogP contribution in [0.25, 0.3) is 0 Å². The quantitative estimate of drug-likeness (QED) is 0.223. The average Bonchev–Trinajstić information content (AvgIpc) is 2.22. The van der Waals surface area contributed by atoms with Crippen LogP contribution < -0.4 is 28.3 Å². The topological polar surface area (TPSA) is 188 Å². The second-order valence-corrected chi connectivity index (χ2v) is 1.84. The summed E-state index contributed by atoms with van der Waals surface area (Å²) < 4.78 is 0. The molecule has 98 valence electrons. The van der Waals surface area contributed by atoms with Crippen molar-refractivity contribution in [1.29, 1.82) is 0 Å². The minimum Gasteiger partial charge on any atom is -0.483 e. The Balaban J connectivity index is -0.0000000685. The maximum atomic E-state index is 9.00. The number of urea groups is 1. The Hall–Kier alpha value is -1.71. The van der Waals surface area contributed by atoms with Crippen molar-refractivity contribution in [2.24, 2.45) is 22.9 Å². The van der Waals surface area contributed by atoms with E-state index in [1.54, 1.807) is 0 Å². The molecule has 0 saturated heterocycles. The molecule has 0 aliphatic carbocycles. The van der Waals surface area contributed by atoms with Gasteiger partial charge in [-0.15, -0.1) is 0 Å². The van der Waals surface area contributed by atoms with Crippen LogP contribution in [0.1, 0.15) is 0 Å². The highest BCUT2D eigenvalue weighted by Crippen LogP contribution is 1.49. The normalized spacial score (nSPS) is 6.62. The number of primary amides is 2. The van der Waals surface area contributed by atoms with Gasteiger partial charge in [-0.25, -0.2) is 4.79 Å². The zero-order valence-electron chi connectivity index (χ0n) is 9.09. The van der Waals surface area contributed by atoms with Crippen LogP contribution >= 0.6 is 0 Å². The number of hydrogen-bond acceptors (Lipinski definition) is 6. The molecule has 2 amide bonds. The van der Waals surface area contributed by atoms with Crippen LogP contribution in [0, 0.1) is 0 Å². The zero-order chi connectivity index (χ0) is 13.8. The minimum atomic E-state index is -0.833. The van der Waals surface area contributed by atoms with Crippen LogP contribution in [0.2, 0.25) is 0 Å². The SMILES string of the molecule is C=O.NC(N)=O.NCCNCCN.O=CO. The number of nitrogens with one attached hydrogen (secondary N) is 1. The number of amides is 2.